The van der Waals surface area contributed by atoms with E-state index in [9.17, 15) is 19.2 Å². The van der Waals surface area contributed by atoms with Crippen LogP contribution >= 0.6 is 11.8 Å². The van der Waals surface area contributed by atoms with Crippen molar-refractivity contribution in [3.8, 4) is 0 Å². The summed E-state index contributed by atoms with van der Waals surface area (Å²) in [5, 5.41) is 4.94. The monoisotopic (exact) mass is 365 g/mol. The maximum absolute atomic E-state index is 12.6. The van der Waals surface area contributed by atoms with Gasteiger partial charge in [0.05, 0.1) is 6.04 Å². The molecular formula is C17H23N3O4S. The largest absolute Gasteiger partial charge is 0.367 e. The zero-order valence-electron chi connectivity index (χ0n) is 14.3. The quantitative estimate of drug-likeness (QED) is 0.637. The van der Waals surface area contributed by atoms with Crippen LogP contribution in [0.15, 0.2) is 18.5 Å². The third kappa shape index (κ3) is 5.45. The molecule has 1 saturated heterocycles. The van der Waals surface area contributed by atoms with Gasteiger partial charge in [0, 0.05) is 37.0 Å². The topological polar surface area (TPSA) is 108 Å². The van der Waals surface area contributed by atoms with Gasteiger partial charge in [-0.3, -0.25) is 19.2 Å². The molecule has 2 amide bonds. The SMILES string of the molecule is CC(C)C(NC(=O)SCc1cc[nH]c1)C(=O)CC1CCNC(=O)C1=O. The fourth-order valence-electron chi connectivity index (χ4n) is 2.71. The Balaban J connectivity index is 1.90. The highest BCUT2D eigenvalue weighted by atomic mass is 32.2. The van der Waals surface area contributed by atoms with Crippen LogP contribution in [0, 0.1) is 11.8 Å². The van der Waals surface area contributed by atoms with Crippen LogP contribution in [0.3, 0.4) is 0 Å². The van der Waals surface area contributed by atoms with Gasteiger partial charge >= 0.3 is 0 Å². The summed E-state index contributed by atoms with van der Waals surface area (Å²) in [5.41, 5.74) is 0.992. The van der Waals surface area contributed by atoms with E-state index in [4.69, 9.17) is 0 Å². The zero-order chi connectivity index (χ0) is 18.4. The van der Waals surface area contributed by atoms with E-state index in [2.05, 4.69) is 15.6 Å². The molecule has 0 aliphatic carbocycles. The van der Waals surface area contributed by atoms with Gasteiger partial charge < -0.3 is 15.6 Å². The number of carbonyl (C=O) groups is 4. The summed E-state index contributed by atoms with van der Waals surface area (Å²) in [7, 11) is 0. The molecule has 7 nitrogen and oxygen atoms in total. The number of H-pyrrole nitrogens is 1. The molecule has 0 saturated carbocycles. The number of ketones is 2. The Morgan fingerprint density at radius 2 is 2.12 bits per heavy atom. The third-order valence-corrected chi connectivity index (χ3v) is 5.00. The second-order valence-electron chi connectivity index (χ2n) is 6.44. The van der Waals surface area contributed by atoms with Crippen molar-refractivity contribution in [3.63, 3.8) is 0 Å². The average Bonchev–Trinajstić information content (AvgIpc) is 3.08. The molecule has 1 aromatic rings. The highest BCUT2D eigenvalue weighted by Crippen LogP contribution is 2.19. The molecule has 2 unspecified atom stereocenters. The van der Waals surface area contributed by atoms with E-state index in [0.29, 0.717) is 18.7 Å². The van der Waals surface area contributed by atoms with Crippen LogP contribution in [-0.4, -0.2) is 40.3 Å². The smallest absolute Gasteiger partial charge is 0.287 e. The van der Waals surface area contributed by atoms with Gasteiger partial charge in [0.1, 0.15) is 0 Å². The minimum atomic E-state index is -0.663. The zero-order valence-corrected chi connectivity index (χ0v) is 15.2. The molecule has 0 spiro atoms. The van der Waals surface area contributed by atoms with E-state index in [1.807, 2.05) is 26.1 Å². The highest BCUT2D eigenvalue weighted by Gasteiger charge is 2.34. The third-order valence-electron chi connectivity index (χ3n) is 4.14. The highest BCUT2D eigenvalue weighted by molar-refractivity contribution is 8.12. The molecule has 1 fully saturated rings. The summed E-state index contributed by atoms with van der Waals surface area (Å²) in [4.78, 5) is 50.9. The summed E-state index contributed by atoms with van der Waals surface area (Å²) >= 11 is 1.09. The van der Waals surface area contributed by atoms with Crippen LogP contribution < -0.4 is 10.6 Å². The van der Waals surface area contributed by atoms with E-state index >= 15 is 0 Å². The van der Waals surface area contributed by atoms with Gasteiger partial charge in [0.25, 0.3) is 11.1 Å². The minimum Gasteiger partial charge on any atom is -0.367 e. The summed E-state index contributed by atoms with van der Waals surface area (Å²) in [6.45, 7) is 4.08. The average molecular weight is 365 g/mol. The number of nitrogens with one attached hydrogen (secondary N) is 3. The number of thioether (sulfide) groups is 1. The van der Waals surface area contributed by atoms with Crippen LogP contribution in [0.25, 0.3) is 0 Å². The Kier molecular flexibility index (Phi) is 6.81. The number of rotatable bonds is 7. The number of amides is 2. The van der Waals surface area contributed by atoms with Crippen molar-refractivity contribution in [2.45, 2.75) is 38.5 Å². The second-order valence-corrected chi connectivity index (χ2v) is 7.39. The molecule has 1 aliphatic heterocycles. The first-order valence-corrected chi connectivity index (χ1v) is 9.26. The van der Waals surface area contributed by atoms with Crippen molar-refractivity contribution in [3.05, 3.63) is 24.0 Å². The summed E-state index contributed by atoms with van der Waals surface area (Å²) in [6.07, 6.45) is 4.03. The fourth-order valence-corrected chi connectivity index (χ4v) is 3.40. The Bertz CT molecular complexity index is 642. The lowest BCUT2D eigenvalue weighted by Crippen LogP contribution is -2.47. The molecule has 1 aliphatic rings. The first-order valence-electron chi connectivity index (χ1n) is 8.28. The van der Waals surface area contributed by atoms with Crippen molar-refractivity contribution in [1.29, 1.82) is 0 Å². The lowest BCUT2D eigenvalue weighted by Gasteiger charge is -2.25. The maximum Gasteiger partial charge on any atom is 0.287 e. The van der Waals surface area contributed by atoms with Crippen molar-refractivity contribution in [1.82, 2.24) is 15.6 Å². The molecule has 8 heteroatoms. The minimum absolute atomic E-state index is 0.0160. The lowest BCUT2D eigenvalue weighted by atomic mass is 9.87. The van der Waals surface area contributed by atoms with E-state index in [0.717, 1.165) is 17.3 Å². The summed E-state index contributed by atoms with van der Waals surface area (Å²) in [5.74, 6) is -1.57. The maximum atomic E-state index is 12.6. The van der Waals surface area contributed by atoms with Crippen LogP contribution in [0.5, 0.6) is 0 Å². The molecule has 0 bridgehead atoms. The number of piperidine rings is 1. The number of aromatic amines is 1. The van der Waals surface area contributed by atoms with Crippen LogP contribution in [-0.2, 0) is 20.1 Å². The van der Waals surface area contributed by atoms with Crippen LogP contribution in [0.4, 0.5) is 4.79 Å². The predicted octanol–water partition coefficient (Wildman–Crippen LogP) is 1.65. The number of Topliss-reactive ketones (excluding diaryl/α,β-unsaturated/α-hetero) is 2. The van der Waals surface area contributed by atoms with Gasteiger partial charge in [-0.1, -0.05) is 25.6 Å². The van der Waals surface area contributed by atoms with E-state index in [-0.39, 0.29) is 23.4 Å². The van der Waals surface area contributed by atoms with Gasteiger partial charge in [-0.2, -0.15) is 0 Å². The van der Waals surface area contributed by atoms with Gasteiger partial charge in [0.2, 0.25) is 5.78 Å². The molecule has 0 aromatic carbocycles. The molecule has 2 rings (SSSR count). The van der Waals surface area contributed by atoms with Crippen molar-refractivity contribution < 1.29 is 19.2 Å². The molecule has 2 heterocycles. The summed E-state index contributed by atoms with van der Waals surface area (Å²) in [6, 6.07) is 1.22. The van der Waals surface area contributed by atoms with Gasteiger partial charge in [-0.25, -0.2) is 0 Å². The number of hydrogen-bond donors (Lipinski definition) is 3. The Morgan fingerprint density at radius 3 is 2.76 bits per heavy atom. The predicted molar refractivity (Wildman–Crippen MR) is 95.0 cm³/mol. The lowest BCUT2D eigenvalue weighted by molar-refractivity contribution is -0.143. The van der Waals surface area contributed by atoms with Gasteiger partial charge in [-0.05, 0) is 24.0 Å². The van der Waals surface area contributed by atoms with Gasteiger partial charge in [0.15, 0.2) is 5.78 Å². The van der Waals surface area contributed by atoms with E-state index in [1.165, 1.54) is 0 Å². The fraction of sp³-hybridized carbons (Fsp3) is 0.529. The summed E-state index contributed by atoms with van der Waals surface area (Å²) < 4.78 is 0. The molecule has 3 N–H and O–H groups in total. The molecular weight excluding hydrogens is 342 g/mol. The van der Waals surface area contributed by atoms with Gasteiger partial charge in [-0.15, -0.1) is 0 Å². The molecule has 136 valence electrons. The molecule has 1 aromatic heterocycles. The van der Waals surface area contributed by atoms with Crippen molar-refractivity contribution in [2.24, 2.45) is 11.8 Å². The Hall–Kier alpha value is -2.09. The van der Waals surface area contributed by atoms with Crippen molar-refractivity contribution in [2.75, 3.05) is 6.54 Å². The van der Waals surface area contributed by atoms with E-state index in [1.54, 1.807) is 6.20 Å². The number of hydrogen-bond acceptors (Lipinski definition) is 5. The molecule has 0 radical (unpaired) electrons. The Morgan fingerprint density at radius 1 is 1.36 bits per heavy atom. The molecule has 25 heavy (non-hydrogen) atoms. The van der Waals surface area contributed by atoms with E-state index < -0.39 is 23.7 Å². The number of carbonyl (C=O) groups excluding carboxylic acids is 4. The first kappa shape index (κ1) is 19.2. The molecule has 2 atom stereocenters. The second kappa shape index (κ2) is 8.84. The normalized spacial score (nSPS) is 18.8. The Labute approximate surface area is 150 Å². The first-order chi connectivity index (χ1) is 11.9. The standard InChI is InChI=1S/C17H23N3O4S/c1-10(2)14(20-17(24)25-9-11-3-5-18-8-11)13(21)7-12-4-6-19-16(23)15(12)22/h3,5,8,10,12,14,18H,4,6-7,9H2,1-2H3,(H,19,23)(H,20,24). The number of aromatic nitrogens is 1. The van der Waals surface area contributed by atoms with Crippen molar-refractivity contribution >= 4 is 34.5 Å². The van der Waals surface area contributed by atoms with Crippen LogP contribution in [0.1, 0.15) is 32.3 Å². The van der Waals surface area contributed by atoms with Crippen LogP contribution in [0.2, 0.25) is 0 Å².